The maximum absolute atomic E-state index is 12.9. The van der Waals surface area contributed by atoms with Crippen LogP contribution >= 0.6 is 11.3 Å². The Kier molecular flexibility index (Phi) is 6.06. The number of nitro groups is 1. The minimum Gasteiger partial charge on any atom is -0.380 e. The number of benzene rings is 2. The van der Waals surface area contributed by atoms with Crippen molar-refractivity contribution in [3.8, 4) is 0 Å². The molecule has 0 unspecified atom stereocenters. The van der Waals surface area contributed by atoms with Crippen LogP contribution in [-0.4, -0.2) is 28.6 Å². The van der Waals surface area contributed by atoms with Crippen LogP contribution in [-0.2, 0) is 24.1 Å². The number of amides is 1. The van der Waals surface area contributed by atoms with E-state index in [0.717, 1.165) is 29.5 Å². The quantitative estimate of drug-likeness (QED) is 0.335. The van der Waals surface area contributed by atoms with Gasteiger partial charge in [-0.1, -0.05) is 17.4 Å². The molecule has 0 saturated heterocycles. The zero-order valence-electron chi connectivity index (χ0n) is 16.8. The summed E-state index contributed by atoms with van der Waals surface area (Å²) < 4.78 is 8.09. The fourth-order valence-electron chi connectivity index (χ4n) is 3.79. The topological polar surface area (TPSA) is 86.7 Å². The summed E-state index contributed by atoms with van der Waals surface area (Å²) in [4.78, 5) is 28.5. The molecule has 8 heteroatoms. The Morgan fingerprint density at radius 3 is 2.77 bits per heavy atom. The van der Waals surface area contributed by atoms with Crippen molar-refractivity contribution < 1.29 is 14.5 Å². The van der Waals surface area contributed by atoms with Crippen molar-refractivity contribution in [3.05, 3.63) is 68.0 Å². The average Bonchev–Trinajstić information content (AvgIpc) is 3.09. The molecule has 1 aliphatic rings. The van der Waals surface area contributed by atoms with Crippen LogP contribution in [0.15, 0.2) is 41.4 Å². The van der Waals surface area contributed by atoms with Gasteiger partial charge in [-0.3, -0.25) is 14.9 Å². The first kappa shape index (κ1) is 20.4. The molecular formula is C22H23N3O4S. The van der Waals surface area contributed by atoms with Crippen LogP contribution in [0.5, 0.6) is 0 Å². The molecule has 0 saturated carbocycles. The number of carbonyl (C=O) groups excluding carboxylic acids is 1. The highest BCUT2D eigenvalue weighted by atomic mass is 32.1. The van der Waals surface area contributed by atoms with E-state index in [9.17, 15) is 14.9 Å². The molecular weight excluding hydrogens is 402 g/mol. The van der Waals surface area contributed by atoms with Gasteiger partial charge < -0.3 is 9.30 Å². The van der Waals surface area contributed by atoms with Crippen molar-refractivity contribution in [2.24, 2.45) is 4.99 Å². The fraction of sp³-hybridized carbons (Fsp3) is 0.364. The monoisotopic (exact) mass is 425 g/mol. The van der Waals surface area contributed by atoms with E-state index < -0.39 is 4.92 Å². The summed E-state index contributed by atoms with van der Waals surface area (Å²) in [6.45, 7) is 3.50. The maximum Gasteiger partial charge on any atom is 0.279 e. The zero-order valence-corrected chi connectivity index (χ0v) is 17.6. The number of aryl methyl sites for hydroxylation is 2. The summed E-state index contributed by atoms with van der Waals surface area (Å²) in [5.74, 6) is -0.297. The van der Waals surface area contributed by atoms with Crippen molar-refractivity contribution in [1.29, 1.82) is 0 Å². The number of hydrogen-bond acceptors (Lipinski definition) is 5. The maximum atomic E-state index is 12.9. The van der Waals surface area contributed by atoms with E-state index in [2.05, 4.69) is 4.99 Å². The van der Waals surface area contributed by atoms with Crippen LogP contribution in [0.1, 0.15) is 41.3 Å². The number of fused-ring (bicyclic) bond motifs is 2. The van der Waals surface area contributed by atoms with E-state index in [4.69, 9.17) is 4.74 Å². The van der Waals surface area contributed by atoms with E-state index in [1.54, 1.807) is 6.07 Å². The SMILES string of the molecule is CCOCCn1c(=NC(=O)c2ccc3c(c2)CCCC3)sc2cc([N+](=O)[O-])ccc21. The molecule has 0 atom stereocenters. The van der Waals surface area contributed by atoms with Crippen molar-refractivity contribution in [1.82, 2.24) is 4.57 Å². The highest BCUT2D eigenvalue weighted by Crippen LogP contribution is 2.24. The summed E-state index contributed by atoms with van der Waals surface area (Å²) in [5, 5.41) is 11.1. The summed E-state index contributed by atoms with van der Waals surface area (Å²) in [7, 11) is 0. The van der Waals surface area contributed by atoms with E-state index in [1.807, 2.05) is 29.7 Å². The summed E-state index contributed by atoms with van der Waals surface area (Å²) in [6, 6.07) is 10.6. The third kappa shape index (κ3) is 4.20. The Hall–Kier alpha value is -2.84. The number of nitro benzene ring substituents is 1. The molecule has 0 radical (unpaired) electrons. The molecule has 4 rings (SSSR count). The second-order valence-electron chi connectivity index (χ2n) is 7.25. The number of thiazole rings is 1. The summed E-state index contributed by atoms with van der Waals surface area (Å²) in [5.41, 5.74) is 3.96. The molecule has 0 fully saturated rings. The second kappa shape index (κ2) is 8.89. The molecule has 1 heterocycles. The lowest BCUT2D eigenvalue weighted by atomic mass is 9.90. The molecule has 1 aromatic heterocycles. The van der Waals surface area contributed by atoms with Crippen molar-refractivity contribution in [2.75, 3.05) is 13.2 Å². The predicted molar refractivity (Wildman–Crippen MR) is 116 cm³/mol. The van der Waals surface area contributed by atoms with Crippen molar-refractivity contribution in [3.63, 3.8) is 0 Å². The minimum absolute atomic E-state index is 0.0215. The van der Waals surface area contributed by atoms with Gasteiger partial charge in [0.1, 0.15) is 0 Å². The molecule has 1 aliphatic carbocycles. The normalized spacial score (nSPS) is 14.1. The van der Waals surface area contributed by atoms with Gasteiger partial charge in [0.15, 0.2) is 4.80 Å². The first-order valence-electron chi connectivity index (χ1n) is 10.1. The van der Waals surface area contributed by atoms with Crippen molar-refractivity contribution >= 4 is 33.1 Å². The number of hydrogen-bond donors (Lipinski definition) is 0. The molecule has 0 bridgehead atoms. The van der Waals surface area contributed by atoms with Crippen LogP contribution in [0.3, 0.4) is 0 Å². The zero-order chi connectivity index (χ0) is 21.1. The number of non-ortho nitro benzene ring substituents is 1. The van der Waals surface area contributed by atoms with Gasteiger partial charge in [0.05, 0.1) is 21.7 Å². The Labute approximate surface area is 177 Å². The Bertz CT molecular complexity index is 1180. The lowest BCUT2D eigenvalue weighted by Gasteiger charge is -2.15. The Morgan fingerprint density at radius 2 is 2.00 bits per heavy atom. The second-order valence-corrected chi connectivity index (χ2v) is 8.26. The molecule has 2 aromatic carbocycles. The average molecular weight is 426 g/mol. The standard InChI is InChI=1S/C22H23N3O4S/c1-2-29-12-11-24-19-10-9-18(25(27)28)14-20(19)30-22(24)23-21(26)17-8-7-15-5-3-4-6-16(15)13-17/h7-10,13-14H,2-6,11-12H2,1H3. The first-order valence-corrected chi connectivity index (χ1v) is 10.9. The number of carbonyl (C=O) groups is 1. The fourth-order valence-corrected chi connectivity index (χ4v) is 4.88. The third-order valence-corrected chi connectivity index (χ3v) is 6.37. The molecule has 156 valence electrons. The van der Waals surface area contributed by atoms with Gasteiger partial charge in [-0.05, 0) is 61.9 Å². The van der Waals surface area contributed by atoms with Crippen LogP contribution in [0, 0.1) is 10.1 Å². The first-order chi connectivity index (χ1) is 14.6. The summed E-state index contributed by atoms with van der Waals surface area (Å²) in [6.07, 6.45) is 4.40. The molecule has 3 aromatic rings. The van der Waals surface area contributed by atoms with Crippen LogP contribution < -0.4 is 4.80 Å². The smallest absolute Gasteiger partial charge is 0.279 e. The van der Waals surface area contributed by atoms with Gasteiger partial charge in [-0.25, -0.2) is 0 Å². The molecule has 30 heavy (non-hydrogen) atoms. The lowest BCUT2D eigenvalue weighted by molar-refractivity contribution is -0.384. The summed E-state index contributed by atoms with van der Waals surface area (Å²) >= 11 is 1.28. The Balaban J connectivity index is 1.75. The predicted octanol–water partition coefficient (Wildman–Crippen LogP) is 4.27. The van der Waals surface area contributed by atoms with Gasteiger partial charge in [0.25, 0.3) is 11.6 Å². The van der Waals surface area contributed by atoms with E-state index in [0.29, 0.717) is 30.1 Å². The van der Waals surface area contributed by atoms with E-state index in [1.165, 1.54) is 41.0 Å². The Morgan fingerprint density at radius 1 is 1.20 bits per heavy atom. The number of aromatic nitrogens is 1. The largest absolute Gasteiger partial charge is 0.380 e. The van der Waals surface area contributed by atoms with Crippen molar-refractivity contribution in [2.45, 2.75) is 39.2 Å². The van der Waals surface area contributed by atoms with E-state index in [-0.39, 0.29) is 11.6 Å². The molecule has 0 aliphatic heterocycles. The molecule has 0 spiro atoms. The number of rotatable bonds is 6. The minimum atomic E-state index is -0.418. The highest BCUT2D eigenvalue weighted by molar-refractivity contribution is 7.16. The lowest BCUT2D eigenvalue weighted by Crippen LogP contribution is -2.20. The van der Waals surface area contributed by atoms with Gasteiger partial charge in [-0.15, -0.1) is 0 Å². The third-order valence-electron chi connectivity index (χ3n) is 5.33. The van der Waals surface area contributed by atoms with Gasteiger partial charge in [-0.2, -0.15) is 4.99 Å². The van der Waals surface area contributed by atoms with Crippen LogP contribution in [0.4, 0.5) is 5.69 Å². The van der Waals surface area contributed by atoms with Crippen LogP contribution in [0.25, 0.3) is 10.2 Å². The van der Waals surface area contributed by atoms with Gasteiger partial charge in [0.2, 0.25) is 0 Å². The highest BCUT2D eigenvalue weighted by Gasteiger charge is 2.15. The molecule has 1 amide bonds. The molecule has 0 N–H and O–H groups in total. The number of nitrogens with zero attached hydrogens (tertiary/aromatic N) is 3. The van der Waals surface area contributed by atoms with Crippen LogP contribution in [0.2, 0.25) is 0 Å². The van der Waals surface area contributed by atoms with E-state index >= 15 is 0 Å². The van der Waals surface area contributed by atoms with Gasteiger partial charge in [0, 0.05) is 30.8 Å². The molecule has 7 nitrogen and oxygen atoms in total. The number of ether oxygens (including phenoxy) is 1. The van der Waals surface area contributed by atoms with Gasteiger partial charge >= 0.3 is 0 Å².